The molecule has 1 rings (SSSR count). The number of benzene rings is 1. The normalized spacial score (nSPS) is 11.6. The third-order valence-electron chi connectivity index (χ3n) is 1.95. The first kappa shape index (κ1) is 13.3. The zero-order chi connectivity index (χ0) is 12.2. The molecule has 0 fully saturated rings. The van der Waals surface area contributed by atoms with Crippen molar-refractivity contribution >= 4 is 27.3 Å². The van der Waals surface area contributed by atoms with Gasteiger partial charge in [0.15, 0.2) is 9.84 Å². The van der Waals surface area contributed by atoms with E-state index in [2.05, 4.69) is 0 Å². The molecule has 6 heteroatoms. The van der Waals surface area contributed by atoms with Crippen LogP contribution in [0.3, 0.4) is 0 Å². The van der Waals surface area contributed by atoms with E-state index < -0.39 is 15.7 Å². The predicted octanol–water partition coefficient (Wildman–Crippen LogP) is 1.93. The summed E-state index contributed by atoms with van der Waals surface area (Å²) in [6, 6.07) is 3.39. The highest BCUT2D eigenvalue weighted by molar-refractivity contribution is 8.00. The van der Waals surface area contributed by atoms with Crippen molar-refractivity contribution in [2.24, 2.45) is 0 Å². The van der Waals surface area contributed by atoms with E-state index in [1.165, 1.54) is 17.8 Å². The minimum Gasteiger partial charge on any atom is -0.399 e. The third kappa shape index (κ3) is 3.68. The maximum Gasteiger partial charge on any atom is 0.179 e. The van der Waals surface area contributed by atoms with Gasteiger partial charge in [0.1, 0.15) is 5.82 Å². The Balaban J connectivity index is 2.89. The number of thioether (sulfide) groups is 1. The van der Waals surface area contributed by atoms with E-state index in [9.17, 15) is 12.8 Å². The van der Waals surface area contributed by atoms with Gasteiger partial charge >= 0.3 is 0 Å². The molecule has 0 aliphatic heterocycles. The first-order valence-corrected chi connectivity index (χ1v) is 7.63. The van der Waals surface area contributed by atoms with Crippen molar-refractivity contribution in [2.45, 2.75) is 11.8 Å². The van der Waals surface area contributed by atoms with Gasteiger partial charge in [0.2, 0.25) is 0 Å². The quantitative estimate of drug-likeness (QED) is 0.651. The minimum absolute atomic E-state index is 0.00833. The van der Waals surface area contributed by atoms with Crippen molar-refractivity contribution in [3.05, 3.63) is 24.0 Å². The molecule has 1 aromatic carbocycles. The first-order chi connectivity index (χ1) is 7.45. The molecule has 0 aromatic heterocycles. The maximum atomic E-state index is 13.0. The Morgan fingerprint density at radius 2 is 2.06 bits per heavy atom. The van der Waals surface area contributed by atoms with Gasteiger partial charge in [-0.25, -0.2) is 12.8 Å². The third-order valence-corrected chi connectivity index (χ3v) is 4.81. The van der Waals surface area contributed by atoms with Crippen molar-refractivity contribution in [3.8, 4) is 0 Å². The van der Waals surface area contributed by atoms with Crippen molar-refractivity contribution in [3.63, 3.8) is 0 Å². The van der Waals surface area contributed by atoms with Crippen LogP contribution < -0.4 is 5.73 Å². The lowest BCUT2D eigenvalue weighted by Gasteiger charge is -2.05. The number of nitrogen functional groups attached to an aromatic ring is 1. The lowest BCUT2D eigenvalue weighted by Crippen LogP contribution is -2.10. The summed E-state index contributed by atoms with van der Waals surface area (Å²) in [6.45, 7) is 1.96. The summed E-state index contributed by atoms with van der Waals surface area (Å²) in [5.41, 5.74) is 5.53. The average molecular weight is 263 g/mol. The standard InChI is InChI=1S/C10H14FNO2S2/c1-2-15-3-4-16(13,14)10-6-8(11)5-9(12)7-10/h5-7H,2-4,12H2,1H3. The molecule has 0 aliphatic rings. The molecule has 0 radical (unpaired) electrons. The molecule has 0 amide bonds. The molecule has 16 heavy (non-hydrogen) atoms. The Kier molecular flexibility index (Phi) is 4.61. The lowest BCUT2D eigenvalue weighted by atomic mass is 10.3. The van der Waals surface area contributed by atoms with E-state index in [1.807, 2.05) is 6.92 Å². The summed E-state index contributed by atoms with van der Waals surface area (Å²) in [5, 5.41) is 0. The zero-order valence-corrected chi connectivity index (χ0v) is 10.6. The second kappa shape index (κ2) is 5.54. The topological polar surface area (TPSA) is 60.2 Å². The second-order valence-electron chi connectivity index (χ2n) is 3.24. The zero-order valence-electron chi connectivity index (χ0n) is 8.94. The molecule has 0 bridgehead atoms. The largest absolute Gasteiger partial charge is 0.399 e. The molecule has 3 nitrogen and oxygen atoms in total. The van der Waals surface area contributed by atoms with Crippen LogP contribution in [0.5, 0.6) is 0 Å². The molecule has 0 spiro atoms. The molecule has 0 unspecified atom stereocenters. The van der Waals surface area contributed by atoms with Gasteiger partial charge < -0.3 is 5.73 Å². The maximum absolute atomic E-state index is 13.0. The fourth-order valence-electron chi connectivity index (χ4n) is 1.19. The predicted molar refractivity (Wildman–Crippen MR) is 65.9 cm³/mol. The van der Waals surface area contributed by atoms with Crippen LogP contribution in [0.1, 0.15) is 6.92 Å². The Morgan fingerprint density at radius 1 is 1.38 bits per heavy atom. The van der Waals surface area contributed by atoms with Crippen LogP contribution >= 0.6 is 11.8 Å². The van der Waals surface area contributed by atoms with E-state index in [4.69, 9.17) is 5.73 Å². The summed E-state index contributed by atoms with van der Waals surface area (Å²) < 4.78 is 36.5. The average Bonchev–Trinajstić information content (AvgIpc) is 2.16. The second-order valence-corrected chi connectivity index (χ2v) is 6.74. The minimum atomic E-state index is -3.42. The van der Waals surface area contributed by atoms with Gasteiger partial charge in [-0.3, -0.25) is 0 Å². The molecular weight excluding hydrogens is 249 g/mol. The van der Waals surface area contributed by atoms with E-state index >= 15 is 0 Å². The van der Waals surface area contributed by atoms with Gasteiger partial charge in [0.05, 0.1) is 10.6 Å². The number of hydrogen-bond acceptors (Lipinski definition) is 4. The Hall–Kier alpha value is -0.750. The van der Waals surface area contributed by atoms with Crippen LogP contribution in [0.2, 0.25) is 0 Å². The fraction of sp³-hybridized carbons (Fsp3) is 0.400. The van der Waals surface area contributed by atoms with Crippen molar-refractivity contribution < 1.29 is 12.8 Å². The number of anilines is 1. The van der Waals surface area contributed by atoms with Crippen molar-refractivity contribution in [1.82, 2.24) is 0 Å². The van der Waals surface area contributed by atoms with Crippen LogP contribution in [0.15, 0.2) is 23.1 Å². The number of halogens is 1. The van der Waals surface area contributed by atoms with Crippen molar-refractivity contribution in [1.29, 1.82) is 0 Å². The molecule has 90 valence electrons. The van der Waals surface area contributed by atoms with Crippen LogP contribution in [0.25, 0.3) is 0 Å². The van der Waals surface area contributed by atoms with Gasteiger partial charge in [0, 0.05) is 11.4 Å². The Bertz CT molecular complexity index is 440. The monoisotopic (exact) mass is 263 g/mol. The number of hydrogen-bond donors (Lipinski definition) is 1. The Morgan fingerprint density at radius 3 is 2.62 bits per heavy atom. The fourth-order valence-corrected chi connectivity index (χ4v) is 3.68. The SMILES string of the molecule is CCSCCS(=O)(=O)c1cc(N)cc(F)c1. The summed E-state index contributed by atoms with van der Waals surface area (Å²) >= 11 is 1.53. The van der Waals surface area contributed by atoms with Gasteiger partial charge in [-0.05, 0) is 24.0 Å². The highest BCUT2D eigenvalue weighted by Gasteiger charge is 2.15. The van der Waals surface area contributed by atoms with Crippen LogP contribution in [-0.2, 0) is 9.84 Å². The smallest absolute Gasteiger partial charge is 0.179 e. The summed E-state index contributed by atoms with van der Waals surface area (Å²) in [4.78, 5) is -0.0401. The van der Waals surface area contributed by atoms with E-state index in [1.54, 1.807) is 0 Å². The van der Waals surface area contributed by atoms with Crippen molar-refractivity contribution in [2.75, 3.05) is 23.0 Å². The van der Waals surface area contributed by atoms with Crippen LogP contribution in [0.4, 0.5) is 10.1 Å². The molecule has 0 aliphatic carbocycles. The number of nitrogens with two attached hydrogens (primary N) is 1. The van der Waals surface area contributed by atoms with E-state index in [0.29, 0.717) is 5.75 Å². The van der Waals surface area contributed by atoms with E-state index in [0.717, 1.165) is 17.9 Å². The summed E-state index contributed by atoms with van der Waals surface area (Å²) in [6.07, 6.45) is 0. The van der Waals surface area contributed by atoms with Gasteiger partial charge in [-0.2, -0.15) is 11.8 Å². The van der Waals surface area contributed by atoms with Crippen LogP contribution in [-0.4, -0.2) is 25.7 Å². The molecule has 0 saturated heterocycles. The molecule has 2 N–H and O–H groups in total. The van der Waals surface area contributed by atoms with E-state index in [-0.39, 0.29) is 16.3 Å². The number of sulfone groups is 1. The first-order valence-electron chi connectivity index (χ1n) is 4.82. The highest BCUT2D eigenvalue weighted by Crippen LogP contribution is 2.18. The van der Waals surface area contributed by atoms with Gasteiger partial charge in [0.25, 0.3) is 0 Å². The van der Waals surface area contributed by atoms with Gasteiger partial charge in [-0.15, -0.1) is 0 Å². The molecular formula is C10H14FNO2S2. The lowest BCUT2D eigenvalue weighted by molar-refractivity contribution is 0.592. The van der Waals surface area contributed by atoms with Gasteiger partial charge in [-0.1, -0.05) is 6.92 Å². The molecule has 0 heterocycles. The number of rotatable bonds is 5. The Labute approximate surface area is 99.1 Å². The van der Waals surface area contributed by atoms with Crippen LogP contribution in [0, 0.1) is 5.82 Å². The molecule has 0 saturated carbocycles. The summed E-state index contributed by atoms with van der Waals surface area (Å²) in [5.74, 6) is 0.756. The molecule has 0 atom stereocenters. The molecule has 1 aromatic rings. The summed E-state index contributed by atoms with van der Waals surface area (Å²) in [7, 11) is -3.42. The highest BCUT2D eigenvalue weighted by atomic mass is 32.2.